The lowest BCUT2D eigenvalue weighted by Gasteiger charge is -2.37. The van der Waals surface area contributed by atoms with Gasteiger partial charge in [-0.05, 0) is 61.7 Å². The SMILES string of the molecule is C[C@@H]1[C@@H]([Si](C)(C)F)[C@H](CC(=O)N2Cc3ccccc3C[C@H]2CO)O[C@@]12C(=O)Nc1ccc(N3CCCCCCC3=O)cc12. The van der Waals surface area contributed by atoms with Crippen molar-refractivity contribution in [2.45, 2.75) is 94.8 Å². The fourth-order valence-electron chi connectivity index (χ4n) is 7.99. The van der Waals surface area contributed by atoms with Gasteiger partial charge in [-0.2, -0.15) is 0 Å². The zero-order chi connectivity index (χ0) is 30.5. The highest BCUT2D eigenvalue weighted by Crippen LogP contribution is 2.59. The molecule has 6 rings (SSSR count). The molecule has 4 aliphatic rings. The van der Waals surface area contributed by atoms with Gasteiger partial charge < -0.3 is 29.1 Å². The summed E-state index contributed by atoms with van der Waals surface area (Å²) in [6.07, 6.45) is 4.01. The minimum absolute atomic E-state index is 0.0616. The maximum Gasteiger partial charge on any atom is 0.261 e. The maximum atomic E-state index is 16.2. The fraction of sp³-hybridized carbons (Fsp3) is 0.545. The molecule has 0 saturated carbocycles. The van der Waals surface area contributed by atoms with Crippen molar-refractivity contribution in [3.8, 4) is 0 Å². The highest BCUT2D eigenvalue weighted by Gasteiger charge is 2.65. The summed E-state index contributed by atoms with van der Waals surface area (Å²) in [5, 5.41) is 13.1. The number of carbonyl (C=O) groups is 3. The van der Waals surface area contributed by atoms with E-state index in [9.17, 15) is 19.5 Å². The molecular formula is C33H42FN3O5Si. The molecule has 2 N–H and O–H groups in total. The third kappa shape index (κ3) is 5.21. The van der Waals surface area contributed by atoms with Crippen LogP contribution in [0.25, 0.3) is 0 Å². The van der Waals surface area contributed by atoms with E-state index in [-0.39, 0.29) is 36.8 Å². The highest BCUT2D eigenvalue weighted by molar-refractivity contribution is 6.72. The number of amides is 3. The van der Waals surface area contributed by atoms with Gasteiger partial charge in [0.2, 0.25) is 20.2 Å². The van der Waals surface area contributed by atoms with Crippen molar-refractivity contribution in [2.75, 3.05) is 23.4 Å². The molecule has 4 heterocycles. The number of rotatable bonds is 5. The van der Waals surface area contributed by atoms with Crippen LogP contribution in [0.2, 0.25) is 18.6 Å². The Balaban J connectivity index is 1.33. The summed E-state index contributed by atoms with van der Waals surface area (Å²) in [6.45, 7) is 5.89. The van der Waals surface area contributed by atoms with Gasteiger partial charge in [-0.3, -0.25) is 14.4 Å². The second-order valence-electron chi connectivity index (χ2n) is 13.2. The Labute approximate surface area is 253 Å². The van der Waals surface area contributed by atoms with Crippen molar-refractivity contribution in [2.24, 2.45) is 5.92 Å². The number of nitrogens with zero attached hydrogens (tertiary/aromatic N) is 2. The molecule has 0 radical (unpaired) electrons. The average molecular weight is 608 g/mol. The van der Waals surface area contributed by atoms with E-state index in [2.05, 4.69) is 5.32 Å². The van der Waals surface area contributed by atoms with Gasteiger partial charge in [0, 0.05) is 47.9 Å². The molecule has 0 bridgehead atoms. The summed E-state index contributed by atoms with van der Waals surface area (Å²) < 4.78 is 22.9. The van der Waals surface area contributed by atoms with Crippen molar-refractivity contribution in [3.05, 3.63) is 59.2 Å². The van der Waals surface area contributed by atoms with Gasteiger partial charge >= 0.3 is 0 Å². The molecule has 230 valence electrons. The van der Waals surface area contributed by atoms with Crippen LogP contribution in [0.1, 0.15) is 62.1 Å². The number of carbonyl (C=O) groups excluding carboxylic acids is 3. The number of benzene rings is 2. The first-order valence-electron chi connectivity index (χ1n) is 15.6. The lowest BCUT2D eigenvalue weighted by molar-refractivity contribution is -0.149. The van der Waals surface area contributed by atoms with Gasteiger partial charge in [-0.25, -0.2) is 0 Å². The van der Waals surface area contributed by atoms with E-state index >= 15 is 4.11 Å². The minimum atomic E-state index is -3.45. The predicted molar refractivity (Wildman–Crippen MR) is 165 cm³/mol. The molecule has 4 aliphatic heterocycles. The van der Waals surface area contributed by atoms with Gasteiger partial charge in [-0.1, -0.05) is 44.0 Å². The Morgan fingerprint density at radius 2 is 1.86 bits per heavy atom. The van der Waals surface area contributed by atoms with E-state index in [1.165, 1.54) is 0 Å². The van der Waals surface area contributed by atoms with Crippen molar-refractivity contribution < 1.29 is 28.3 Å². The van der Waals surface area contributed by atoms with Crippen LogP contribution in [0.5, 0.6) is 0 Å². The summed E-state index contributed by atoms with van der Waals surface area (Å²) in [5.74, 6) is -1.05. The topological polar surface area (TPSA) is 99.2 Å². The smallest absolute Gasteiger partial charge is 0.261 e. The third-order valence-corrected chi connectivity index (χ3v) is 12.6. The lowest BCUT2D eigenvalue weighted by atomic mass is 9.82. The molecule has 5 atom stereocenters. The van der Waals surface area contributed by atoms with Crippen LogP contribution < -0.4 is 10.2 Å². The first-order chi connectivity index (χ1) is 20.5. The standard InChI is InChI=1S/C33H42FN3O5Si/c1-21-31(43(2,3)34)28(18-30(40)37-19-23-11-8-7-10-22(23)16-25(37)20-38)42-33(21)26-17-24(13-14-27(26)35-32(33)41)36-15-9-5-4-6-12-29(36)39/h7-8,10-11,13-14,17,21,25,28,31,38H,4-6,9,12,15-16,18-20H2,1-3H3,(H,35,41)/t21-,25+,28+,31-,33+/m1/s1. The van der Waals surface area contributed by atoms with Gasteiger partial charge in [0.15, 0.2) is 5.60 Å². The van der Waals surface area contributed by atoms with E-state index in [1.807, 2.05) is 49.4 Å². The van der Waals surface area contributed by atoms with Gasteiger partial charge in [0.1, 0.15) is 0 Å². The Morgan fingerprint density at radius 1 is 1.12 bits per heavy atom. The Hall–Kier alpha value is -3.08. The van der Waals surface area contributed by atoms with Crippen LogP contribution in [0.3, 0.4) is 0 Å². The van der Waals surface area contributed by atoms with E-state index < -0.39 is 31.6 Å². The number of fused-ring (bicyclic) bond motifs is 3. The van der Waals surface area contributed by atoms with E-state index in [0.717, 1.165) is 36.8 Å². The number of anilines is 2. The number of ether oxygens (including phenoxy) is 1. The second-order valence-corrected chi connectivity index (χ2v) is 17.0. The Kier molecular flexibility index (Phi) is 7.98. The first-order valence-corrected chi connectivity index (χ1v) is 18.6. The zero-order valence-electron chi connectivity index (χ0n) is 25.3. The Bertz CT molecular complexity index is 1430. The zero-order valence-corrected chi connectivity index (χ0v) is 26.3. The molecule has 2 aromatic carbocycles. The van der Waals surface area contributed by atoms with Crippen LogP contribution in [-0.2, 0) is 37.7 Å². The second kappa shape index (κ2) is 11.4. The number of hydrogen-bond acceptors (Lipinski definition) is 5. The molecule has 8 nitrogen and oxygen atoms in total. The van der Waals surface area contributed by atoms with Crippen LogP contribution in [-0.4, -0.2) is 61.4 Å². The Morgan fingerprint density at radius 3 is 2.60 bits per heavy atom. The van der Waals surface area contributed by atoms with Crippen molar-refractivity contribution >= 4 is 37.5 Å². The molecule has 0 unspecified atom stereocenters. The predicted octanol–water partition coefficient (Wildman–Crippen LogP) is 5.05. The number of nitrogens with one attached hydrogen (secondary N) is 1. The van der Waals surface area contributed by atoms with Gasteiger partial charge in [0.25, 0.3) is 5.91 Å². The summed E-state index contributed by atoms with van der Waals surface area (Å²) in [7, 11) is -3.45. The molecule has 43 heavy (non-hydrogen) atoms. The fourth-order valence-corrected chi connectivity index (χ4v) is 10.5. The molecule has 3 amide bonds. The van der Waals surface area contributed by atoms with E-state index in [4.69, 9.17) is 4.74 Å². The third-order valence-electron chi connectivity index (χ3n) is 10.1. The normalized spacial score (nSPS) is 29.2. The lowest BCUT2D eigenvalue weighted by Crippen LogP contribution is -2.48. The molecule has 0 aliphatic carbocycles. The molecule has 2 fully saturated rings. The molecular weight excluding hydrogens is 565 g/mol. The summed E-state index contributed by atoms with van der Waals surface area (Å²) in [5.41, 5.74) is 1.97. The summed E-state index contributed by atoms with van der Waals surface area (Å²) in [4.78, 5) is 44.2. The van der Waals surface area contributed by atoms with Crippen LogP contribution in [0, 0.1) is 5.92 Å². The van der Waals surface area contributed by atoms with Crippen molar-refractivity contribution in [1.82, 2.24) is 4.90 Å². The monoisotopic (exact) mass is 607 g/mol. The van der Waals surface area contributed by atoms with Crippen LogP contribution >= 0.6 is 0 Å². The van der Waals surface area contributed by atoms with Crippen molar-refractivity contribution in [3.63, 3.8) is 0 Å². The van der Waals surface area contributed by atoms with E-state index in [1.54, 1.807) is 22.9 Å². The number of hydrogen-bond donors (Lipinski definition) is 2. The molecule has 2 aromatic rings. The molecule has 0 aromatic heterocycles. The van der Waals surface area contributed by atoms with Gasteiger partial charge in [-0.15, -0.1) is 0 Å². The first kappa shape index (κ1) is 30.0. The summed E-state index contributed by atoms with van der Waals surface area (Å²) in [6, 6.07) is 13.0. The quantitative estimate of drug-likeness (QED) is 0.366. The molecule has 2 saturated heterocycles. The van der Waals surface area contributed by atoms with Crippen LogP contribution in [0.15, 0.2) is 42.5 Å². The summed E-state index contributed by atoms with van der Waals surface area (Å²) >= 11 is 0. The van der Waals surface area contributed by atoms with Gasteiger partial charge in [0.05, 0.1) is 25.2 Å². The number of halogens is 1. The molecule has 10 heteroatoms. The highest BCUT2D eigenvalue weighted by atomic mass is 28.4. The maximum absolute atomic E-state index is 16.2. The average Bonchev–Trinajstić information content (AvgIpc) is 3.42. The van der Waals surface area contributed by atoms with E-state index in [0.29, 0.717) is 42.9 Å². The largest absolute Gasteiger partial charge is 0.394 e. The number of aliphatic hydroxyl groups is 1. The van der Waals surface area contributed by atoms with Crippen molar-refractivity contribution in [1.29, 1.82) is 0 Å². The minimum Gasteiger partial charge on any atom is -0.394 e. The van der Waals surface area contributed by atoms with Crippen LogP contribution in [0.4, 0.5) is 15.5 Å². The molecule has 1 spiro atoms. The number of aliphatic hydroxyl groups excluding tert-OH is 1.